The molecule has 0 aliphatic rings. The predicted octanol–water partition coefficient (Wildman–Crippen LogP) is 2.69. The maximum absolute atomic E-state index is 12.4. The zero-order chi connectivity index (χ0) is 17.2. The Morgan fingerprint density at radius 2 is 1.78 bits per heavy atom. The Balaban J connectivity index is 2.61. The van der Waals surface area contributed by atoms with E-state index in [-0.39, 0.29) is 18.4 Å². The molecule has 0 atom stereocenters. The van der Waals surface area contributed by atoms with Gasteiger partial charge in [-0.05, 0) is 51.3 Å². The van der Waals surface area contributed by atoms with Crippen LogP contribution in [-0.4, -0.2) is 62.6 Å². The van der Waals surface area contributed by atoms with Crippen molar-refractivity contribution in [2.45, 2.75) is 12.8 Å². The van der Waals surface area contributed by atoms with E-state index in [2.05, 4.69) is 15.0 Å². The van der Waals surface area contributed by atoms with Gasteiger partial charge in [-0.3, -0.25) is 4.79 Å². The molecule has 0 saturated carbocycles. The molecule has 1 aromatic carbocycles. The first-order chi connectivity index (χ1) is 10.9. The number of halogens is 1. The molecule has 0 saturated heterocycles. The highest BCUT2D eigenvalue weighted by molar-refractivity contribution is 6.30. The second-order valence-corrected chi connectivity index (χ2v) is 5.84. The van der Waals surface area contributed by atoms with Crippen molar-refractivity contribution in [2.75, 3.05) is 46.2 Å². The Bertz CT molecular complexity index is 506. The molecule has 128 valence electrons. The van der Waals surface area contributed by atoms with Crippen LogP contribution in [0, 0.1) is 0 Å². The van der Waals surface area contributed by atoms with Crippen LogP contribution in [0.2, 0.25) is 5.02 Å². The number of urea groups is 1. The molecule has 0 unspecified atom stereocenters. The van der Waals surface area contributed by atoms with Gasteiger partial charge in [0.1, 0.15) is 0 Å². The predicted molar refractivity (Wildman–Crippen MR) is 91.8 cm³/mol. The van der Waals surface area contributed by atoms with Gasteiger partial charge in [0.2, 0.25) is 0 Å². The summed E-state index contributed by atoms with van der Waals surface area (Å²) in [5.74, 6) is -0.332. The van der Waals surface area contributed by atoms with E-state index in [1.54, 1.807) is 29.2 Å². The summed E-state index contributed by atoms with van der Waals surface area (Å²) in [5.41, 5.74) is 0.662. The highest BCUT2D eigenvalue weighted by Crippen LogP contribution is 2.14. The van der Waals surface area contributed by atoms with Gasteiger partial charge < -0.3 is 19.9 Å². The largest absolute Gasteiger partial charge is 0.469 e. The second-order valence-electron chi connectivity index (χ2n) is 5.41. The fourth-order valence-corrected chi connectivity index (χ4v) is 2.08. The van der Waals surface area contributed by atoms with Gasteiger partial charge in [-0.1, -0.05) is 11.6 Å². The Hall–Kier alpha value is -1.79. The molecule has 0 radical (unpaired) electrons. The van der Waals surface area contributed by atoms with Crippen LogP contribution in [0.4, 0.5) is 10.5 Å². The number of anilines is 1. The number of carbonyl (C=O) groups excluding carboxylic acids is 2. The molecule has 1 aromatic rings. The zero-order valence-corrected chi connectivity index (χ0v) is 14.6. The minimum Gasteiger partial charge on any atom is -0.469 e. The number of rotatable bonds is 8. The first kappa shape index (κ1) is 19.3. The van der Waals surface area contributed by atoms with Crippen molar-refractivity contribution < 1.29 is 14.3 Å². The van der Waals surface area contributed by atoms with Gasteiger partial charge in [-0.2, -0.15) is 0 Å². The van der Waals surface area contributed by atoms with Crippen LogP contribution in [-0.2, 0) is 9.53 Å². The zero-order valence-electron chi connectivity index (χ0n) is 13.8. The number of esters is 1. The van der Waals surface area contributed by atoms with Crippen molar-refractivity contribution in [3.05, 3.63) is 29.3 Å². The van der Waals surface area contributed by atoms with Crippen molar-refractivity contribution in [1.82, 2.24) is 9.80 Å². The van der Waals surface area contributed by atoms with Crippen molar-refractivity contribution >= 4 is 29.3 Å². The Labute approximate surface area is 142 Å². The molecule has 0 aromatic heterocycles. The van der Waals surface area contributed by atoms with Gasteiger partial charge in [-0.25, -0.2) is 4.79 Å². The highest BCUT2D eigenvalue weighted by Gasteiger charge is 2.15. The van der Waals surface area contributed by atoms with E-state index in [0.717, 1.165) is 13.0 Å². The lowest BCUT2D eigenvalue weighted by Crippen LogP contribution is -2.38. The number of nitrogens with one attached hydrogen (secondary N) is 1. The van der Waals surface area contributed by atoms with Crippen molar-refractivity contribution in [3.8, 4) is 0 Å². The normalized spacial score (nSPS) is 10.5. The molecule has 2 amide bonds. The molecule has 0 heterocycles. The number of hydrogen-bond donors (Lipinski definition) is 1. The molecule has 0 fully saturated rings. The molecule has 1 rings (SSSR count). The van der Waals surface area contributed by atoms with Crippen LogP contribution in [0.5, 0.6) is 0 Å². The van der Waals surface area contributed by atoms with Crippen LogP contribution in [0.15, 0.2) is 24.3 Å². The Morgan fingerprint density at radius 3 is 2.35 bits per heavy atom. The average molecular weight is 342 g/mol. The van der Waals surface area contributed by atoms with Gasteiger partial charge in [0, 0.05) is 23.8 Å². The van der Waals surface area contributed by atoms with Crippen LogP contribution < -0.4 is 5.32 Å². The highest BCUT2D eigenvalue weighted by atomic mass is 35.5. The van der Waals surface area contributed by atoms with Gasteiger partial charge >= 0.3 is 12.0 Å². The Morgan fingerprint density at radius 1 is 1.13 bits per heavy atom. The monoisotopic (exact) mass is 341 g/mol. The maximum atomic E-state index is 12.4. The molecular weight excluding hydrogens is 318 g/mol. The lowest BCUT2D eigenvalue weighted by molar-refractivity contribution is -0.140. The van der Waals surface area contributed by atoms with E-state index in [4.69, 9.17) is 11.6 Å². The summed E-state index contributed by atoms with van der Waals surface area (Å²) in [6, 6.07) is 6.65. The first-order valence-corrected chi connectivity index (χ1v) is 7.83. The third-order valence-electron chi connectivity index (χ3n) is 3.23. The van der Waals surface area contributed by atoms with E-state index in [9.17, 15) is 9.59 Å². The van der Waals surface area contributed by atoms with Crippen LogP contribution in [0.1, 0.15) is 12.8 Å². The average Bonchev–Trinajstić information content (AvgIpc) is 2.52. The van der Waals surface area contributed by atoms with Crippen molar-refractivity contribution in [1.29, 1.82) is 0 Å². The SMILES string of the molecule is COC(=O)CCN(CCCN(C)C)C(=O)Nc1ccc(Cl)cc1. The standard InChI is InChI=1S/C16H24ClN3O3/c1-19(2)10-4-11-20(12-9-15(21)23-3)16(22)18-14-7-5-13(17)6-8-14/h5-8H,4,9-12H2,1-3H3,(H,18,22). The molecule has 0 aliphatic carbocycles. The summed E-state index contributed by atoms with van der Waals surface area (Å²) in [4.78, 5) is 27.4. The lowest BCUT2D eigenvalue weighted by atomic mass is 10.3. The van der Waals surface area contributed by atoms with E-state index in [0.29, 0.717) is 23.8 Å². The molecule has 23 heavy (non-hydrogen) atoms. The minimum atomic E-state index is -0.332. The van der Waals surface area contributed by atoms with Crippen molar-refractivity contribution in [3.63, 3.8) is 0 Å². The van der Waals surface area contributed by atoms with Crippen LogP contribution in [0.25, 0.3) is 0 Å². The fourth-order valence-electron chi connectivity index (χ4n) is 1.96. The fraction of sp³-hybridized carbons (Fsp3) is 0.500. The van der Waals surface area contributed by atoms with Gasteiger partial charge in [0.15, 0.2) is 0 Å². The van der Waals surface area contributed by atoms with E-state index in [1.807, 2.05) is 14.1 Å². The molecule has 1 N–H and O–H groups in total. The van der Waals surface area contributed by atoms with E-state index in [1.165, 1.54) is 7.11 Å². The van der Waals surface area contributed by atoms with Crippen LogP contribution >= 0.6 is 11.6 Å². The summed E-state index contributed by atoms with van der Waals surface area (Å²) in [5, 5.41) is 3.42. The van der Waals surface area contributed by atoms with E-state index >= 15 is 0 Å². The number of hydrogen-bond acceptors (Lipinski definition) is 4. The summed E-state index contributed by atoms with van der Waals surface area (Å²) in [7, 11) is 5.30. The number of nitrogens with zero attached hydrogens (tertiary/aromatic N) is 2. The number of methoxy groups -OCH3 is 1. The molecule has 0 spiro atoms. The van der Waals surface area contributed by atoms with E-state index < -0.39 is 0 Å². The second kappa shape index (κ2) is 10.1. The van der Waals surface area contributed by atoms with Gasteiger partial charge in [0.05, 0.1) is 13.5 Å². The first-order valence-electron chi connectivity index (χ1n) is 7.45. The molecule has 0 aliphatic heterocycles. The van der Waals surface area contributed by atoms with Gasteiger partial charge in [-0.15, -0.1) is 0 Å². The third-order valence-corrected chi connectivity index (χ3v) is 3.48. The lowest BCUT2D eigenvalue weighted by Gasteiger charge is -2.23. The number of carbonyl (C=O) groups is 2. The smallest absolute Gasteiger partial charge is 0.321 e. The van der Waals surface area contributed by atoms with Crippen molar-refractivity contribution in [2.24, 2.45) is 0 Å². The summed E-state index contributed by atoms with van der Waals surface area (Å²) in [6.07, 6.45) is 0.995. The summed E-state index contributed by atoms with van der Waals surface area (Å²) >= 11 is 5.83. The molecular formula is C16H24ClN3O3. The molecule has 7 heteroatoms. The topological polar surface area (TPSA) is 61.9 Å². The van der Waals surface area contributed by atoms with Gasteiger partial charge in [0.25, 0.3) is 0 Å². The van der Waals surface area contributed by atoms with Crippen LogP contribution in [0.3, 0.4) is 0 Å². The number of amides is 2. The minimum absolute atomic E-state index is 0.173. The number of ether oxygens (including phenoxy) is 1. The quantitative estimate of drug-likeness (QED) is 0.738. The summed E-state index contributed by atoms with van der Waals surface area (Å²) < 4.78 is 4.63. The maximum Gasteiger partial charge on any atom is 0.321 e. The number of benzene rings is 1. The molecule has 0 bridgehead atoms. The Kier molecular flexibility index (Phi) is 8.43. The third kappa shape index (κ3) is 7.85. The summed E-state index contributed by atoms with van der Waals surface area (Å²) in [6.45, 7) is 1.75. The molecule has 6 nitrogen and oxygen atoms in total.